The number of aliphatic hydroxyl groups is 1. The maximum absolute atomic E-state index is 12.7. The number of aliphatic carboxylic acids is 1. The molecule has 296 valence electrons. The second-order valence-corrected chi connectivity index (χ2v) is 14.1. The second kappa shape index (κ2) is 37.1. The van der Waals surface area contributed by atoms with E-state index in [1.165, 1.54) is 103 Å². The fraction of sp³-hybridized carbons (Fsp3) is 0.810. The lowest BCUT2D eigenvalue weighted by Gasteiger charge is -2.18. The van der Waals surface area contributed by atoms with Crippen molar-refractivity contribution in [1.29, 1.82) is 0 Å². The third-order valence-corrected chi connectivity index (χ3v) is 9.20. The summed E-state index contributed by atoms with van der Waals surface area (Å²) in [4.78, 5) is 47.4. The van der Waals surface area contributed by atoms with Crippen molar-refractivity contribution in [2.75, 3.05) is 13.2 Å². The van der Waals surface area contributed by atoms with E-state index in [-0.39, 0.29) is 30.9 Å². The minimum absolute atomic E-state index is 0.0420. The van der Waals surface area contributed by atoms with Gasteiger partial charge < -0.3 is 25.6 Å². The van der Waals surface area contributed by atoms with Gasteiger partial charge in [0.2, 0.25) is 11.8 Å². The van der Waals surface area contributed by atoms with Crippen LogP contribution < -0.4 is 10.6 Å². The van der Waals surface area contributed by atoms with Crippen LogP contribution >= 0.6 is 0 Å². The van der Waals surface area contributed by atoms with E-state index in [4.69, 9.17) is 14.9 Å². The lowest BCUT2D eigenvalue weighted by atomic mass is 10.0. The third kappa shape index (κ3) is 34.2. The molecular weight excluding hydrogens is 644 g/mol. The highest BCUT2D eigenvalue weighted by molar-refractivity contribution is 5.87. The lowest BCUT2D eigenvalue weighted by Crippen LogP contribution is -2.47. The molecule has 0 radical (unpaired) electrons. The Morgan fingerprint density at radius 1 is 0.588 bits per heavy atom. The summed E-state index contributed by atoms with van der Waals surface area (Å²) in [5.41, 5.74) is 0. The molecule has 0 saturated carbocycles. The molecule has 0 aliphatic heterocycles. The Bertz CT molecular complexity index is 921. The quantitative estimate of drug-likeness (QED) is 0.0284. The van der Waals surface area contributed by atoms with E-state index < -0.39 is 24.5 Å². The molecule has 0 bridgehead atoms. The topological polar surface area (TPSA) is 142 Å². The summed E-state index contributed by atoms with van der Waals surface area (Å²) >= 11 is 0. The zero-order valence-electron chi connectivity index (χ0n) is 32.6. The Morgan fingerprint density at radius 3 is 1.59 bits per heavy atom. The van der Waals surface area contributed by atoms with Crippen molar-refractivity contribution in [2.24, 2.45) is 0 Å². The number of aliphatic hydroxyl groups excluding tert-OH is 1. The van der Waals surface area contributed by atoms with Crippen molar-refractivity contribution in [3.8, 4) is 0 Å². The molecule has 2 amide bonds. The first-order valence-corrected chi connectivity index (χ1v) is 20.7. The first kappa shape index (κ1) is 48.3. The average Bonchev–Trinajstić information content (AvgIpc) is 3.11. The molecule has 0 spiro atoms. The molecule has 2 unspecified atom stereocenters. The maximum Gasteiger partial charge on any atom is 0.328 e. The van der Waals surface area contributed by atoms with Crippen LogP contribution in [0.2, 0.25) is 0 Å². The molecule has 0 aromatic heterocycles. The van der Waals surface area contributed by atoms with Gasteiger partial charge >= 0.3 is 11.9 Å². The van der Waals surface area contributed by atoms with E-state index in [1.54, 1.807) is 0 Å². The Balaban J connectivity index is 4.11. The summed E-state index contributed by atoms with van der Waals surface area (Å²) in [5, 5.41) is 22.5. The summed E-state index contributed by atoms with van der Waals surface area (Å²) in [6.45, 7) is 3.42. The van der Waals surface area contributed by atoms with Crippen molar-refractivity contribution < 1.29 is 34.1 Å². The number of carbonyl (C=O) groups is 4. The van der Waals surface area contributed by atoms with Crippen LogP contribution in [0.3, 0.4) is 0 Å². The van der Waals surface area contributed by atoms with Gasteiger partial charge in [0.1, 0.15) is 12.1 Å². The van der Waals surface area contributed by atoms with E-state index in [1.807, 2.05) is 0 Å². The monoisotopic (exact) mass is 721 g/mol. The van der Waals surface area contributed by atoms with E-state index in [0.717, 1.165) is 57.8 Å². The van der Waals surface area contributed by atoms with Crippen LogP contribution in [-0.2, 0) is 23.9 Å². The lowest BCUT2D eigenvalue weighted by molar-refractivity contribution is -0.150. The summed E-state index contributed by atoms with van der Waals surface area (Å²) in [6.07, 6.45) is 39.3. The zero-order valence-corrected chi connectivity index (χ0v) is 32.6. The molecule has 0 aliphatic carbocycles. The van der Waals surface area contributed by atoms with Gasteiger partial charge in [-0.25, -0.2) is 4.79 Å². The summed E-state index contributed by atoms with van der Waals surface area (Å²) < 4.78 is 5.96. The summed E-state index contributed by atoms with van der Waals surface area (Å²) in [6, 6.07) is -1.39. The number of carbonyl (C=O) groups excluding carboxylic acids is 3. The van der Waals surface area contributed by atoms with Gasteiger partial charge in [0, 0.05) is 12.8 Å². The van der Waals surface area contributed by atoms with Crippen LogP contribution in [0.4, 0.5) is 0 Å². The molecule has 51 heavy (non-hydrogen) atoms. The van der Waals surface area contributed by atoms with Gasteiger partial charge in [0.05, 0.1) is 13.2 Å². The number of nitrogens with one attached hydrogen (secondary N) is 2. The average molecular weight is 721 g/mol. The number of carboxylic acid groups (broad SMARTS) is 1. The van der Waals surface area contributed by atoms with Crippen LogP contribution in [0.15, 0.2) is 24.3 Å². The Labute approximate surface area is 311 Å². The van der Waals surface area contributed by atoms with E-state index >= 15 is 0 Å². The fourth-order valence-corrected chi connectivity index (χ4v) is 5.98. The van der Waals surface area contributed by atoms with Crippen molar-refractivity contribution >= 4 is 23.8 Å². The third-order valence-electron chi connectivity index (χ3n) is 9.20. The number of esters is 1. The first-order valence-electron chi connectivity index (χ1n) is 20.7. The van der Waals surface area contributed by atoms with Crippen LogP contribution in [-0.4, -0.2) is 59.3 Å². The first-order chi connectivity index (χ1) is 24.8. The highest BCUT2D eigenvalue weighted by atomic mass is 16.5. The number of ether oxygens (including phenoxy) is 1. The van der Waals surface area contributed by atoms with Crippen molar-refractivity contribution in [3.05, 3.63) is 24.3 Å². The standard InChI is InChI=1S/C42H76N2O7/c1-3-5-7-9-11-12-13-14-15-16-17-18-19-20-21-22-24-30-34-41(48)51-37(31-27-23-10-8-6-4-2)32-28-25-26-29-33-39(46)43-35-40(47)44-38(36-45)42(49)50/h12-13,15-16,37-38,45H,3-11,14,17-36H2,1-2H3,(H,43,46)(H,44,47)(H,49,50)/b13-12-,16-15-. The predicted molar refractivity (Wildman–Crippen MR) is 208 cm³/mol. The summed E-state index contributed by atoms with van der Waals surface area (Å²) in [7, 11) is 0. The zero-order chi connectivity index (χ0) is 37.6. The van der Waals surface area contributed by atoms with E-state index in [0.29, 0.717) is 12.8 Å². The summed E-state index contributed by atoms with van der Waals surface area (Å²) in [5.74, 6) is -2.34. The van der Waals surface area contributed by atoms with Crippen LogP contribution in [0.25, 0.3) is 0 Å². The molecule has 0 aromatic carbocycles. The largest absolute Gasteiger partial charge is 0.480 e. The number of allylic oxidation sites excluding steroid dienone is 4. The minimum Gasteiger partial charge on any atom is -0.480 e. The van der Waals surface area contributed by atoms with Gasteiger partial charge in [-0.3, -0.25) is 14.4 Å². The van der Waals surface area contributed by atoms with Gasteiger partial charge in [-0.05, 0) is 70.6 Å². The normalized spacial score (nSPS) is 12.7. The molecule has 9 heteroatoms. The fourth-order valence-electron chi connectivity index (χ4n) is 5.98. The molecule has 0 aliphatic rings. The van der Waals surface area contributed by atoms with Crippen LogP contribution in [0, 0.1) is 0 Å². The molecule has 0 saturated heterocycles. The van der Waals surface area contributed by atoms with Crippen LogP contribution in [0.1, 0.15) is 194 Å². The Morgan fingerprint density at radius 2 is 1.06 bits per heavy atom. The van der Waals surface area contributed by atoms with Crippen molar-refractivity contribution in [1.82, 2.24) is 10.6 Å². The molecule has 2 atom stereocenters. The van der Waals surface area contributed by atoms with Crippen molar-refractivity contribution in [2.45, 2.75) is 206 Å². The molecule has 9 nitrogen and oxygen atoms in total. The van der Waals surface area contributed by atoms with E-state index in [2.05, 4.69) is 48.8 Å². The number of hydrogen-bond donors (Lipinski definition) is 4. The van der Waals surface area contributed by atoms with E-state index in [9.17, 15) is 19.2 Å². The Hall–Kier alpha value is -2.68. The van der Waals surface area contributed by atoms with Gasteiger partial charge in [-0.1, -0.05) is 134 Å². The van der Waals surface area contributed by atoms with Gasteiger partial charge in [0.25, 0.3) is 0 Å². The number of unbranched alkanes of at least 4 members (excludes halogenated alkanes) is 19. The maximum atomic E-state index is 12.7. The highest BCUT2D eigenvalue weighted by Gasteiger charge is 2.19. The number of carboxylic acids is 1. The van der Waals surface area contributed by atoms with Crippen molar-refractivity contribution in [3.63, 3.8) is 0 Å². The predicted octanol–water partition coefficient (Wildman–Crippen LogP) is 9.65. The minimum atomic E-state index is -1.39. The smallest absolute Gasteiger partial charge is 0.328 e. The highest BCUT2D eigenvalue weighted by Crippen LogP contribution is 2.18. The molecule has 0 heterocycles. The number of amides is 2. The Kier molecular flexibility index (Phi) is 35.1. The number of hydrogen-bond acceptors (Lipinski definition) is 6. The van der Waals surface area contributed by atoms with Gasteiger partial charge in [0.15, 0.2) is 0 Å². The van der Waals surface area contributed by atoms with Gasteiger partial charge in [-0.15, -0.1) is 0 Å². The second-order valence-electron chi connectivity index (χ2n) is 14.1. The molecule has 0 fully saturated rings. The molecule has 0 rings (SSSR count). The number of rotatable bonds is 37. The van der Waals surface area contributed by atoms with Gasteiger partial charge in [-0.2, -0.15) is 0 Å². The SMILES string of the molecule is CCCCCC/C=C\C/C=C\CCCCCCCCCC(=O)OC(CCCCCCCC)CCCCCCC(=O)NCC(=O)NC(CO)C(=O)O. The molecule has 0 aromatic rings. The van der Waals surface area contributed by atoms with Crippen LogP contribution in [0.5, 0.6) is 0 Å². The molecular formula is C42H76N2O7. The molecule has 4 N–H and O–H groups in total.